The zero-order valence-corrected chi connectivity index (χ0v) is 11.3. The number of amides is 1. The minimum Gasteiger partial charge on any atom is -0.496 e. The lowest BCUT2D eigenvalue weighted by molar-refractivity contribution is 0.0945. The number of aryl methyl sites for hydroxylation is 2. The van der Waals surface area contributed by atoms with E-state index in [2.05, 4.69) is 19.2 Å². The molecule has 1 N–H and O–H groups in total. The highest BCUT2D eigenvalue weighted by molar-refractivity contribution is 5.98. The number of carbonyl (C=O) groups is 1. The van der Waals surface area contributed by atoms with Crippen molar-refractivity contribution in [2.45, 2.75) is 27.7 Å². The molecule has 1 aromatic carbocycles. The first kappa shape index (κ1) is 13.6. The van der Waals surface area contributed by atoms with Crippen molar-refractivity contribution >= 4 is 5.91 Å². The van der Waals surface area contributed by atoms with Gasteiger partial charge < -0.3 is 10.1 Å². The zero-order chi connectivity index (χ0) is 13.0. The van der Waals surface area contributed by atoms with E-state index in [1.54, 1.807) is 7.11 Å². The second-order valence-electron chi connectivity index (χ2n) is 4.76. The summed E-state index contributed by atoms with van der Waals surface area (Å²) >= 11 is 0. The van der Waals surface area contributed by atoms with Crippen LogP contribution >= 0.6 is 0 Å². The summed E-state index contributed by atoms with van der Waals surface area (Å²) in [5.41, 5.74) is 2.68. The third-order valence-electron chi connectivity index (χ3n) is 2.56. The molecule has 0 aliphatic heterocycles. The van der Waals surface area contributed by atoms with Crippen LogP contribution < -0.4 is 10.1 Å². The van der Waals surface area contributed by atoms with Crippen LogP contribution in [0.1, 0.15) is 35.3 Å². The molecule has 1 aromatic rings. The Bertz CT molecular complexity index is 411. The molecular formula is C14H21NO2. The maximum atomic E-state index is 12.1. The average Bonchev–Trinajstić information content (AvgIpc) is 2.24. The Hall–Kier alpha value is -1.51. The molecule has 0 aromatic heterocycles. The topological polar surface area (TPSA) is 38.3 Å². The minimum absolute atomic E-state index is 0.0620. The molecule has 3 nitrogen and oxygen atoms in total. The summed E-state index contributed by atoms with van der Waals surface area (Å²) < 4.78 is 5.27. The fourth-order valence-corrected chi connectivity index (χ4v) is 1.77. The van der Waals surface area contributed by atoms with Crippen LogP contribution in [0.5, 0.6) is 5.75 Å². The van der Waals surface area contributed by atoms with Gasteiger partial charge in [-0.25, -0.2) is 0 Å². The van der Waals surface area contributed by atoms with E-state index in [1.165, 1.54) is 0 Å². The average molecular weight is 235 g/mol. The van der Waals surface area contributed by atoms with Crippen molar-refractivity contribution < 1.29 is 9.53 Å². The van der Waals surface area contributed by atoms with Crippen molar-refractivity contribution in [3.8, 4) is 5.75 Å². The molecule has 0 aliphatic rings. The van der Waals surface area contributed by atoms with Gasteiger partial charge in [-0.1, -0.05) is 19.9 Å². The van der Waals surface area contributed by atoms with Crippen LogP contribution in [0.4, 0.5) is 0 Å². The molecule has 0 aliphatic carbocycles. The van der Waals surface area contributed by atoms with Gasteiger partial charge in [-0.05, 0) is 37.0 Å². The van der Waals surface area contributed by atoms with Gasteiger partial charge in [-0.15, -0.1) is 0 Å². The number of hydrogen-bond donors (Lipinski definition) is 1. The van der Waals surface area contributed by atoms with Gasteiger partial charge in [0, 0.05) is 6.54 Å². The van der Waals surface area contributed by atoms with Crippen LogP contribution in [0.2, 0.25) is 0 Å². The highest BCUT2D eigenvalue weighted by Crippen LogP contribution is 2.23. The first-order chi connectivity index (χ1) is 7.95. The Labute approximate surface area is 103 Å². The predicted octanol–water partition coefficient (Wildman–Crippen LogP) is 2.70. The lowest BCUT2D eigenvalue weighted by atomic mass is 10.0. The summed E-state index contributed by atoms with van der Waals surface area (Å²) in [6.45, 7) is 8.74. The number of benzene rings is 1. The Morgan fingerprint density at radius 3 is 2.53 bits per heavy atom. The largest absolute Gasteiger partial charge is 0.496 e. The summed E-state index contributed by atoms with van der Waals surface area (Å²) in [6.07, 6.45) is 0. The number of hydrogen-bond acceptors (Lipinski definition) is 2. The smallest absolute Gasteiger partial charge is 0.255 e. The lowest BCUT2D eigenvalue weighted by Crippen LogP contribution is -2.28. The van der Waals surface area contributed by atoms with Crippen molar-refractivity contribution in [2.75, 3.05) is 13.7 Å². The molecule has 0 saturated carbocycles. The van der Waals surface area contributed by atoms with Gasteiger partial charge in [0.25, 0.3) is 5.91 Å². The SMILES string of the molecule is COc1cc(C)cc(C)c1C(=O)NCC(C)C. The van der Waals surface area contributed by atoms with Crippen molar-refractivity contribution in [3.05, 3.63) is 28.8 Å². The van der Waals surface area contributed by atoms with E-state index in [-0.39, 0.29) is 5.91 Å². The molecule has 0 radical (unpaired) electrons. The predicted molar refractivity (Wildman–Crippen MR) is 69.6 cm³/mol. The summed E-state index contributed by atoms with van der Waals surface area (Å²) in [4.78, 5) is 12.1. The Morgan fingerprint density at radius 2 is 2.00 bits per heavy atom. The second-order valence-corrected chi connectivity index (χ2v) is 4.76. The molecule has 0 unspecified atom stereocenters. The monoisotopic (exact) mass is 235 g/mol. The van der Waals surface area contributed by atoms with Gasteiger partial charge in [0.15, 0.2) is 0 Å². The summed E-state index contributed by atoms with van der Waals surface area (Å²) in [5, 5.41) is 2.91. The van der Waals surface area contributed by atoms with Gasteiger partial charge >= 0.3 is 0 Å². The lowest BCUT2D eigenvalue weighted by Gasteiger charge is -2.14. The number of ether oxygens (including phenoxy) is 1. The van der Waals surface area contributed by atoms with Crippen LogP contribution in [0, 0.1) is 19.8 Å². The van der Waals surface area contributed by atoms with Crippen LogP contribution in [0.3, 0.4) is 0 Å². The number of carbonyl (C=O) groups excluding carboxylic acids is 1. The van der Waals surface area contributed by atoms with Crippen molar-refractivity contribution in [1.29, 1.82) is 0 Å². The van der Waals surface area contributed by atoms with E-state index in [4.69, 9.17) is 4.74 Å². The van der Waals surface area contributed by atoms with Gasteiger partial charge in [0.05, 0.1) is 12.7 Å². The molecule has 0 atom stereocenters. The third kappa shape index (κ3) is 3.48. The van der Waals surface area contributed by atoms with Gasteiger partial charge in [0.2, 0.25) is 0 Å². The maximum absolute atomic E-state index is 12.1. The quantitative estimate of drug-likeness (QED) is 0.871. The van der Waals surface area contributed by atoms with Crippen molar-refractivity contribution in [2.24, 2.45) is 5.92 Å². The number of methoxy groups -OCH3 is 1. The minimum atomic E-state index is -0.0620. The first-order valence-corrected chi connectivity index (χ1v) is 5.89. The Kier molecular flexibility index (Phi) is 4.55. The molecule has 0 spiro atoms. The van der Waals surface area contributed by atoms with Gasteiger partial charge in [0.1, 0.15) is 5.75 Å². The second kappa shape index (κ2) is 5.71. The van der Waals surface area contributed by atoms with Gasteiger partial charge in [-0.2, -0.15) is 0 Å². The van der Waals surface area contributed by atoms with Crippen LogP contribution in [0.25, 0.3) is 0 Å². The maximum Gasteiger partial charge on any atom is 0.255 e. The summed E-state index contributed by atoms with van der Waals surface area (Å²) in [6, 6.07) is 3.88. The molecule has 1 rings (SSSR count). The van der Waals surface area contributed by atoms with E-state index in [1.807, 2.05) is 26.0 Å². The number of rotatable bonds is 4. The van der Waals surface area contributed by atoms with E-state index in [0.29, 0.717) is 23.8 Å². The first-order valence-electron chi connectivity index (χ1n) is 5.89. The zero-order valence-electron chi connectivity index (χ0n) is 11.3. The summed E-state index contributed by atoms with van der Waals surface area (Å²) in [5.74, 6) is 1.02. The van der Waals surface area contributed by atoms with Crippen molar-refractivity contribution in [3.63, 3.8) is 0 Å². The van der Waals surface area contributed by atoms with E-state index >= 15 is 0 Å². The highest BCUT2D eigenvalue weighted by Gasteiger charge is 2.15. The molecular weight excluding hydrogens is 214 g/mol. The number of nitrogens with one attached hydrogen (secondary N) is 1. The van der Waals surface area contributed by atoms with Crippen LogP contribution in [0.15, 0.2) is 12.1 Å². The molecule has 0 heterocycles. The van der Waals surface area contributed by atoms with E-state index in [0.717, 1.165) is 11.1 Å². The normalized spacial score (nSPS) is 10.5. The van der Waals surface area contributed by atoms with E-state index in [9.17, 15) is 4.79 Å². The molecule has 94 valence electrons. The summed E-state index contributed by atoms with van der Waals surface area (Å²) in [7, 11) is 1.59. The Balaban J connectivity index is 2.99. The fourth-order valence-electron chi connectivity index (χ4n) is 1.77. The fraction of sp³-hybridized carbons (Fsp3) is 0.500. The van der Waals surface area contributed by atoms with E-state index < -0.39 is 0 Å². The standard InChI is InChI=1S/C14H21NO2/c1-9(2)8-15-14(16)13-11(4)6-10(3)7-12(13)17-5/h6-7,9H,8H2,1-5H3,(H,15,16). The third-order valence-corrected chi connectivity index (χ3v) is 2.56. The molecule has 3 heteroatoms. The van der Waals surface area contributed by atoms with Crippen LogP contribution in [-0.2, 0) is 0 Å². The molecule has 0 bridgehead atoms. The molecule has 1 amide bonds. The molecule has 0 fully saturated rings. The molecule has 17 heavy (non-hydrogen) atoms. The highest BCUT2D eigenvalue weighted by atomic mass is 16.5. The molecule has 0 saturated heterocycles. The van der Waals surface area contributed by atoms with Crippen LogP contribution in [-0.4, -0.2) is 19.6 Å². The van der Waals surface area contributed by atoms with Crippen molar-refractivity contribution in [1.82, 2.24) is 5.32 Å². The van der Waals surface area contributed by atoms with Gasteiger partial charge in [-0.3, -0.25) is 4.79 Å². The Morgan fingerprint density at radius 1 is 1.35 bits per heavy atom.